The highest BCUT2D eigenvalue weighted by Crippen LogP contribution is 2.31. The summed E-state index contributed by atoms with van der Waals surface area (Å²) in [6.45, 7) is 4.65. The predicted octanol–water partition coefficient (Wildman–Crippen LogP) is 3.47. The lowest BCUT2D eigenvalue weighted by atomic mass is 10.1. The number of carbonyl (C=O) groups excluding carboxylic acids is 1. The monoisotopic (exact) mass is 332 g/mol. The highest BCUT2D eigenvalue weighted by Gasteiger charge is 2.13. The molecular weight excluding hydrogens is 312 g/mol. The first kappa shape index (κ1) is 15.4. The molecule has 0 aliphatic carbocycles. The van der Waals surface area contributed by atoms with Gasteiger partial charge in [0, 0.05) is 52.9 Å². The van der Waals surface area contributed by atoms with E-state index in [0.717, 1.165) is 22.5 Å². The molecule has 126 valence electrons. The van der Waals surface area contributed by atoms with Gasteiger partial charge in [-0.3, -0.25) is 4.79 Å². The van der Waals surface area contributed by atoms with Crippen LogP contribution in [0.3, 0.4) is 0 Å². The van der Waals surface area contributed by atoms with Crippen molar-refractivity contribution in [3.05, 3.63) is 60.2 Å². The Balaban J connectivity index is 1.97. The molecule has 25 heavy (non-hydrogen) atoms. The van der Waals surface area contributed by atoms with Crippen molar-refractivity contribution in [2.24, 2.45) is 5.73 Å². The predicted molar refractivity (Wildman–Crippen MR) is 99.9 cm³/mol. The Kier molecular flexibility index (Phi) is 3.57. The van der Waals surface area contributed by atoms with Crippen LogP contribution < -0.4 is 5.73 Å². The van der Waals surface area contributed by atoms with Crippen LogP contribution in [0.2, 0.25) is 0 Å². The smallest absolute Gasteiger partial charge is 0.219 e. The van der Waals surface area contributed by atoms with E-state index in [-0.39, 0.29) is 5.91 Å². The Morgan fingerprint density at radius 2 is 1.92 bits per heavy atom. The minimum Gasteiger partial charge on any atom is -0.370 e. The van der Waals surface area contributed by atoms with Gasteiger partial charge in [0.05, 0.1) is 0 Å². The molecule has 1 amide bonds. The van der Waals surface area contributed by atoms with Crippen molar-refractivity contribution < 1.29 is 4.79 Å². The van der Waals surface area contributed by atoms with Crippen molar-refractivity contribution >= 4 is 27.7 Å². The second-order valence-corrected chi connectivity index (χ2v) is 6.43. The average molecular weight is 332 g/mol. The van der Waals surface area contributed by atoms with E-state index in [4.69, 9.17) is 5.73 Å². The van der Waals surface area contributed by atoms with Crippen molar-refractivity contribution in [1.82, 2.24) is 14.1 Å². The van der Waals surface area contributed by atoms with Gasteiger partial charge in [-0.25, -0.2) is 4.98 Å². The van der Waals surface area contributed by atoms with Gasteiger partial charge in [0.25, 0.3) is 0 Å². The van der Waals surface area contributed by atoms with Gasteiger partial charge < -0.3 is 14.9 Å². The van der Waals surface area contributed by atoms with Gasteiger partial charge in [0.15, 0.2) is 0 Å². The number of imidazole rings is 1. The number of nitrogens with zero attached hydrogens (tertiary/aromatic N) is 3. The minimum absolute atomic E-state index is 0.284. The number of benzene rings is 2. The standard InChI is InChI=1S/C20H20N4O/c1-13-3-5-16-17-12-15(23-10-8-22-14(23)2)4-6-18(17)24(19(16)11-13)9-7-20(21)25/h3-6,8,10-12H,7,9H2,1-2H3,(H2,21,25). The van der Waals surface area contributed by atoms with Crippen LogP contribution in [0.1, 0.15) is 17.8 Å². The number of fused-ring (bicyclic) bond motifs is 3. The van der Waals surface area contributed by atoms with E-state index >= 15 is 0 Å². The number of aryl methyl sites for hydroxylation is 3. The largest absolute Gasteiger partial charge is 0.370 e. The molecule has 2 N–H and O–H groups in total. The number of hydrogen-bond acceptors (Lipinski definition) is 2. The zero-order chi connectivity index (χ0) is 17.6. The van der Waals surface area contributed by atoms with Gasteiger partial charge in [0.2, 0.25) is 5.91 Å². The van der Waals surface area contributed by atoms with Gasteiger partial charge >= 0.3 is 0 Å². The third-order valence-electron chi connectivity index (χ3n) is 4.69. The molecule has 4 aromatic rings. The molecule has 0 bridgehead atoms. The number of rotatable bonds is 4. The third-order valence-corrected chi connectivity index (χ3v) is 4.69. The molecule has 2 aromatic heterocycles. The number of primary amides is 1. The Bertz CT molecular complexity index is 1100. The Morgan fingerprint density at radius 3 is 2.64 bits per heavy atom. The van der Waals surface area contributed by atoms with E-state index < -0.39 is 0 Å². The van der Waals surface area contributed by atoms with Crippen LogP contribution in [-0.4, -0.2) is 20.0 Å². The molecule has 2 aromatic carbocycles. The normalized spacial score (nSPS) is 11.4. The van der Waals surface area contributed by atoms with E-state index in [1.807, 2.05) is 13.1 Å². The van der Waals surface area contributed by atoms with Crippen LogP contribution in [0.4, 0.5) is 0 Å². The molecule has 0 aliphatic heterocycles. The minimum atomic E-state index is -0.284. The quantitative estimate of drug-likeness (QED) is 0.622. The number of nitrogens with two attached hydrogens (primary N) is 1. The van der Waals surface area contributed by atoms with Crippen LogP contribution in [0.25, 0.3) is 27.5 Å². The fraction of sp³-hybridized carbons (Fsp3) is 0.200. The number of aromatic nitrogens is 3. The zero-order valence-corrected chi connectivity index (χ0v) is 14.4. The number of carbonyl (C=O) groups is 1. The summed E-state index contributed by atoms with van der Waals surface area (Å²) in [5.41, 5.74) is 9.89. The lowest BCUT2D eigenvalue weighted by Gasteiger charge is -2.08. The molecule has 2 heterocycles. The first-order valence-corrected chi connectivity index (χ1v) is 8.36. The van der Waals surface area contributed by atoms with Crippen molar-refractivity contribution in [3.8, 4) is 5.69 Å². The summed E-state index contributed by atoms with van der Waals surface area (Å²) in [6.07, 6.45) is 4.10. The molecule has 0 atom stereocenters. The molecule has 0 radical (unpaired) electrons. The summed E-state index contributed by atoms with van der Waals surface area (Å²) in [7, 11) is 0. The van der Waals surface area contributed by atoms with E-state index in [9.17, 15) is 4.79 Å². The summed E-state index contributed by atoms with van der Waals surface area (Å²) >= 11 is 0. The summed E-state index contributed by atoms with van der Waals surface area (Å²) in [5.74, 6) is 0.668. The highest BCUT2D eigenvalue weighted by atomic mass is 16.1. The molecule has 5 nitrogen and oxygen atoms in total. The molecule has 0 fully saturated rings. The van der Waals surface area contributed by atoms with Crippen LogP contribution in [0.15, 0.2) is 48.8 Å². The van der Waals surface area contributed by atoms with E-state index in [1.54, 1.807) is 6.20 Å². The van der Waals surface area contributed by atoms with Gasteiger partial charge in [0.1, 0.15) is 5.82 Å². The topological polar surface area (TPSA) is 65.8 Å². The molecule has 0 unspecified atom stereocenters. The lowest BCUT2D eigenvalue weighted by molar-refractivity contribution is -0.118. The van der Waals surface area contributed by atoms with Gasteiger partial charge in [-0.15, -0.1) is 0 Å². The number of amides is 1. The molecule has 0 saturated heterocycles. The van der Waals surface area contributed by atoms with Crippen LogP contribution >= 0.6 is 0 Å². The number of hydrogen-bond donors (Lipinski definition) is 1. The SMILES string of the molecule is Cc1ccc2c3cc(-n4ccnc4C)ccc3n(CCC(N)=O)c2c1. The Hall–Kier alpha value is -3.08. The van der Waals surface area contributed by atoms with Gasteiger partial charge in [-0.2, -0.15) is 0 Å². The molecule has 0 spiro atoms. The second-order valence-electron chi connectivity index (χ2n) is 6.43. The molecule has 0 aliphatic rings. The highest BCUT2D eigenvalue weighted by molar-refractivity contribution is 6.09. The summed E-state index contributed by atoms with van der Waals surface area (Å²) < 4.78 is 4.26. The maximum absolute atomic E-state index is 11.3. The van der Waals surface area contributed by atoms with Crippen molar-refractivity contribution in [3.63, 3.8) is 0 Å². The first-order valence-electron chi connectivity index (χ1n) is 8.36. The van der Waals surface area contributed by atoms with Crippen LogP contribution in [0, 0.1) is 13.8 Å². The van der Waals surface area contributed by atoms with Gasteiger partial charge in [-0.1, -0.05) is 12.1 Å². The Labute approximate surface area is 145 Å². The molecule has 0 saturated carbocycles. The zero-order valence-electron chi connectivity index (χ0n) is 14.4. The van der Waals surface area contributed by atoms with Crippen molar-refractivity contribution in [2.45, 2.75) is 26.8 Å². The first-order chi connectivity index (χ1) is 12.0. The maximum Gasteiger partial charge on any atom is 0.219 e. The molecule has 5 heteroatoms. The summed E-state index contributed by atoms with van der Waals surface area (Å²) in [6, 6.07) is 12.8. The fourth-order valence-electron chi connectivity index (χ4n) is 3.46. The van der Waals surface area contributed by atoms with Crippen molar-refractivity contribution in [1.29, 1.82) is 0 Å². The van der Waals surface area contributed by atoms with E-state index in [2.05, 4.69) is 57.4 Å². The van der Waals surface area contributed by atoms with E-state index in [1.165, 1.54) is 16.3 Å². The second kappa shape index (κ2) is 5.77. The van der Waals surface area contributed by atoms with Gasteiger partial charge in [-0.05, 0) is 43.7 Å². The molecule has 4 rings (SSSR count). The summed E-state index contributed by atoms with van der Waals surface area (Å²) in [4.78, 5) is 15.6. The Morgan fingerprint density at radius 1 is 1.08 bits per heavy atom. The third kappa shape index (κ3) is 2.58. The van der Waals surface area contributed by atoms with Crippen LogP contribution in [-0.2, 0) is 11.3 Å². The van der Waals surface area contributed by atoms with Crippen molar-refractivity contribution in [2.75, 3.05) is 0 Å². The summed E-state index contributed by atoms with van der Waals surface area (Å²) in [5, 5.41) is 2.36. The average Bonchev–Trinajstić information content (AvgIpc) is 3.13. The van der Waals surface area contributed by atoms with E-state index in [0.29, 0.717) is 13.0 Å². The van der Waals surface area contributed by atoms with Crippen LogP contribution in [0.5, 0.6) is 0 Å². The maximum atomic E-state index is 11.3. The lowest BCUT2D eigenvalue weighted by Crippen LogP contribution is -2.13. The fourth-order valence-corrected chi connectivity index (χ4v) is 3.46. The molecular formula is C20H20N4O.